The lowest BCUT2D eigenvalue weighted by Gasteiger charge is -2.05. The third kappa shape index (κ3) is 3.94. The van der Waals surface area contributed by atoms with E-state index in [-0.39, 0.29) is 4.90 Å². The molecule has 21 heavy (non-hydrogen) atoms. The molecule has 0 spiro atoms. The molecule has 7 heteroatoms. The zero-order chi connectivity index (χ0) is 15.5. The Morgan fingerprint density at radius 2 is 2.00 bits per heavy atom. The van der Waals surface area contributed by atoms with Crippen molar-refractivity contribution in [2.24, 2.45) is 0 Å². The summed E-state index contributed by atoms with van der Waals surface area (Å²) >= 11 is 1.57. The Kier molecular flexibility index (Phi) is 5.21. The van der Waals surface area contributed by atoms with Crippen molar-refractivity contribution in [1.82, 2.24) is 10.0 Å². The molecule has 2 aromatic heterocycles. The number of nitrogens with one attached hydrogen (secondary N) is 2. The summed E-state index contributed by atoms with van der Waals surface area (Å²) in [7, 11) is -3.55. The predicted molar refractivity (Wildman–Crippen MR) is 83.9 cm³/mol. The van der Waals surface area contributed by atoms with Gasteiger partial charge in [0.05, 0.1) is 6.54 Å². The molecule has 0 fully saturated rings. The number of aryl methyl sites for hydroxylation is 2. The summed E-state index contributed by atoms with van der Waals surface area (Å²) < 4.78 is 32.8. The van der Waals surface area contributed by atoms with E-state index < -0.39 is 10.0 Å². The molecule has 0 unspecified atom stereocenters. The number of hydrogen-bond acceptors (Lipinski definition) is 5. The third-order valence-electron chi connectivity index (χ3n) is 3.18. The molecule has 2 heterocycles. The van der Waals surface area contributed by atoms with E-state index in [1.165, 1.54) is 0 Å². The molecule has 0 atom stereocenters. The fourth-order valence-electron chi connectivity index (χ4n) is 1.94. The summed E-state index contributed by atoms with van der Waals surface area (Å²) in [4.78, 5) is 0.211. The van der Waals surface area contributed by atoms with Gasteiger partial charge in [0.25, 0.3) is 0 Å². The van der Waals surface area contributed by atoms with Crippen molar-refractivity contribution in [3.05, 3.63) is 39.5 Å². The average Bonchev–Trinajstić information content (AvgIpc) is 3.00. The molecule has 0 amide bonds. The maximum atomic E-state index is 12.4. The van der Waals surface area contributed by atoms with Crippen LogP contribution < -0.4 is 10.0 Å². The lowest BCUT2D eigenvalue weighted by atomic mass is 10.2. The quantitative estimate of drug-likeness (QED) is 0.819. The van der Waals surface area contributed by atoms with Crippen molar-refractivity contribution in [3.8, 4) is 0 Å². The first kappa shape index (κ1) is 16.2. The van der Waals surface area contributed by atoms with Gasteiger partial charge in [0.2, 0.25) is 10.0 Å². The van der Waals surface area contributed by atoms with Gasteiger partial charge in [-0.25, -0.2) is 13.1 Å². The maximum absolute atomic E-state index is 12.4. The van der Waals surface area contributed by atoms with Crippen molar-refractivity contribution >= 4 is 21.4 Å². The summed E-state index contributed by atoms with van der Waals surface area (Å²) in [5.74, 6) is 1.04. The summed E-state index contributed by atoms with van der Waals surface area (Å²) in [6.45, 7) is 7.24. The lowest BCUT2D eigenvalue weighted by molar-refractivity contribution is 0.460. The van der Waals surface area contributed by atoms with E-state index in [2.05, 4.69) is 10.0 Å². The van der Waals surface area contributed by atoms with E-state index in [0.29, 0.717) is 24.6 Å². The van der Waals surface area contributed by atoms with Gasteiger partial charge >= 0.3 is 0 Å². The Bertz CT molecular complexity index is 702. The molecule has 0 aromatic carbocycles. The molecule has 0 saturated heterocycles. The zero-order valence-electron chi connectivity index (χ0n) is 12.4. The van der Waals surface area contributed by atoms with Crippen LogP contribution >= 0.6 is 11.3 Å². The van der Waals surface area contributed by atoms with Crippen LogP contribution in [0.4, 0.5) is 0 Å². The number of sulfonamides is 1. The van der Waals surface area contributed by atoms with Gasteiger partial charge in [-0.2, -0.15) is 11.3 Å². The van der Waals surface area contributed by atoms with Crippen LogP contribution in [0.25, 0.3) is 0 Å². The number of rotatable bonds is 7. The molecule has 0 saturated carbocycles. The minimum absolute atomic E-state index is 0.211. The van der Waals surface area contributed by atoms with Crippen LogP contribution in [0.15, 0.2) is 26.1 Å². The van der Waals surface area contributed by atoms with E-state index in [1.54, 1.807) is 24.3 Å². The second-order valence-electron chi connectivity index (χ2n) is 4.82. The highest BCUT2D eigenvalue weighted by Gasteiger charge is 2.21. The monoisotopic (exact) mass is 328 g/mol. The van der Waals surface area contributed by atoms with Gasteiger partial charge in [-0.1, -0.05) is 6.92 Å². The SMILES string of the molecule is CCNCc1cc(S(=O)(=O)NCc2cscc2C)c(C)o1. The molecule has 2 N–H and O–H groups in total. The van der Waals surface area contributed by atoms with E-state index in [4.69, 9.17) is 4.42 Å². The van der Waals surface area contributed by atoms with Crippen LogP contribution in [0.3, 0.4) is 0 Å². The minimum Gasteiger partial charge on any atom is -0.464 e. The topological polar surface area (TPSA) is 71.3 Å². The fourth-order valence-corrected chi connectivity index (χ4v) is 4.01. The molecular formula is C14H20N2O3S2. The molecule has 116 valence electrons. The Balaban J connectivity index is 2.12. The maximum Gasteiger partial charge on any atom is 0.244 e. The Hall–Kier alpha value is -1.15. The highest BCUT2D eigenvalue weighted by Crippen LogP contribution is 2.21. The van der Waals surface area contributed by atoms with E-state index in [1.807, 2.05) is 24.6 Å². The second kappa shape index (κ2) is 6.74. The van der Waals surface area contributed by atoms with Gasteiger partial charge < -0.3 is 9.73 Å². The summed E-state index contributed by atoms with van der Waals surface area (Å²) in [5, 5.41) is 7.07. The highest BCUT2D eigenvalue weighted by molar-refractivity contribution is 7.89. The predicted octanol–water partition coefficient (Wildman–Crippen LogP) is 2.55. The molecule has 2 aromatic rings. The van der Waals surface area contributed by atoms with Crippen molar-refractivity contribution in [3.63, 3.8) is 0 Å². The van der Waals surface area contributed by atoms with Crippen molar-refractivity contribution in [2.45, 2.75) is 38.8 Å². The Morgan fingerprint density at radius 1 is 1.24 bits per heavy atom. The van der Waals surface area contributed by atoms with Crippen LogP contribution in [0.1, 0.15) is 29.6 Å². The standard InChI is InChI=1S/C14H20N2O3S2/c1-4-15-7-13-5-14(11(3)19-13)21(17,18)16-6-12-9-20-8-10(12)2/h5,8-9,15-16H,4,6-7H2,1-3H3. The van der Waals surface area contributed by atoms with Crippen LogP contribution in [0, 0.1) is 13.8 Å². The molecule has 0 radical (unpaired) electrons. The normalized spacial score (nSPS) is 12.0. The van der Waals surface area contributed by atoms with Crippen LogP contribution in [-0.4, -0.2) is 15.0 Å². The molecular weight excluding hydrogens is 308 g/mol. The average molecular weight is 328 g/mol. The molecule has 0 aliphatic rings. The van der Waals surface area contributed by atoms with E-state index >= 15 is 0 Å². The molecule has 0 bridgehead atoms. The van der Waals surface area contributed by atoms with Crippen molar-refractivity contribution < 1.29 is 12.8 Å². The molecule has 2 rings (SSSR count). The van der Waals surface area contributed by atoms with Gasteiger partial charge in [-0.15, -0.1) is 0 Å². The zero-order valence-corrected chi connectivity index (χ0v) is 14.0. The van der Waals surface area contributed by atoms with E-state index in [9.17, 15) is 8.42 Å². The molecule has 0 aliphatic carbocycles. The Morgan fingerprint density at radius 3 is 2.62 bits per heavy atom. The number of hydrogen-bond donors (Lipinski definition) is 2. The molecule has 0 aliphatic heterocycles. The summed E-state index contributed by atoms with van der Waals surface area (Å²) in [5.41, 5.74) is 2.09. The van der Waals surface area contributed by atoms with Gasteiger partial charge in [0, 0.05) is 12.6 Å². The first-order valence-corrected chi connectivity index (χ1v) is 9.18. The second-order valence-corrected chi connectivity index (χ2v) is 7.30. The fraction of sp³-hybridized carbons (Fsp3) is 0.429. The molecule has 5 nitrogen and oxygen atoms in total. The summed E-state index contributed by atoms with van der Waals surface area (Å²) in [6, 6.07) is 1.58. The van der Waals surface area contributed by atoms with Gasteiger partial charge in [0.1, 0.15) is 16.4 Å². The van der Waals surface area contributed by atoms with E-state index in [0.717, 1.165) is 17.7 Å². The van der Waals surface area contributed by atoms with Crippen molar-refractivity contribution in [2.75, 3.05) is 6.54 Å². The summed E-state index contributed by atoms with van der Waals surface area (Å²) in [6.07, 6.45) is 0. The van der Waals surface area contributed by atoms with Gasteiger partial charge in [-0.3, -0.25) is 0 Å². The van der Waals surface area contributed by atoms with Crippen molar-refractivity contribution in [1.29, 1.82) is 0 Å². The minimum atomic E-state index is -3.55. The lowest BCUT2D eigenvalue weighted by Crippen LogP contribution is -2.23. The third-order valence-corrected chi connectivity index (χ3v) is 5.60. The van der Waals surface area contributed by atoms with Gasteiger partial charge in [0.15, 0.2) is 0 Å². The highest BCUT2D eigenvalue weighted by atomic mass is 32.2. The largest absolute Gasteiger partial charge is 0.464 e. The smallest absolute Gasteiger partial charge is 0.244 e. The number of thiophene rings is 1. The van der Waals surface area contributed by atoms with Crippen LogP contribution in [-0.2, 0) is 23.1 Å². The first-order chi connectivity index (χ1) is 9.94. The Labute approximate surface area is 129 Å². The van der Waals surface area contributed by atoms with Crippen LogP contribution in [0.2, 0.25) is 0 Å². The number of furan rings is 1. The van der Waals surface area contributed by atoms with Gasteiger partial charge in [-0.05, 0) is 42.3 Å². The first-order valence-electron chi connectivity index (χ1n) is 6.75. The van der Waals surface area contributed by atoms with Crippen LogP contribution in [0.5, 0.6) is 0 Å².